The number of rotatable bonds is 2. The van der Waals surface area contributed by atoms with Crippen molar-refractivity contribution in [3.63, 3.8) is 0 Å². The van der Waals surface area contributed by atoms with Crippen LogP contribution in [0.15, 0.2) is 22.7 Å². The van der Waals surface area contributed by atoms with E-state index in [4.69, 9.17) is 4.52 Å². The van der Waals surface area contributed by atoms with E-state index in [0.29, 0.717) is 11.1 Å². The van der Waals surface area contributed by atoms with Crippen LogP contribution in [-0.4, -0.2) is 21.0 Å². The molecule has 1 aromatic heterocycles. The van der Waals surface area contributed by atoms with E-state index in [-0.39, 0.29) is 5.75 Å². The van der Waals surface area contributed by atoms with E-state index in [0.717, 1.165) is 23.4 Å². The van der Waals surface area contributed by atoms with E-state index < -0.39 is 0 Å². The molecule has 18 heavy (non-hydrogen) atoms. The normalized spacial score (nSPS) is 19.3. The summed E-state index contributed by atoms with van der Waals surface area (Å²) < 4.78 is 5.27. The van der Waals surface area contributed by atoms with Gasteiger partial charge in [0.05, 0.1) is 5.25 Å². The second-order valence-corrected chi connectivity index (χ2v) is 5.77. The van der Waals surface area contributed by atoms with Gasteiger partial charge in [0.1, 0.15) is 5.75 Å². The number of aryl methyl sites for hydroxylation is 1. The minimum Gasteiger partial charge on any atom is -0.508 e. The van der Waals surface area contributed by atoms with E-state index >= 15 is 0 Å². The average Bonchev–Trinajstić information content (AvgIpc) is 3.01. The molecule has 0 saturated carbocycles. The van der Waals surface area contributed by atoms with Gasteiger partial charge in [0, 0.05) is 5.56 Å². The monoisotopic (exact) mass is 262 g/mol. The van der Waals surface area contributed by atoms with Crippen LogP contribution in [0.3, 0.4) is 0 Å². The minimum atomic E-state index is 0.252. The molecule has 5 heteroatoms. The molecule has 94 valence electrons. The molecule has 1 fully saturated rings. The first-order valence-corrected chi connectivity index (χ1v) is 7.04. The molecule has 0 amide bonds. The second-order valence-electron chi connectivity index (χ2n) is 4.46. The number of hydrogen-bond acceptors (Lipinski definition) is 5. The Morgan fingerprint density at radius 1 is 1.44 bits per heavy atom. The van der Waals surface area contributed by atoms with Gasteiger partial charge >= 0.3 is 0 Å². The van der Waals surface area contributed by atoms with Gasteiger partial charge in [-0.3, -0.25) is 0 Å². The molecule has 3 rings (SSSR count). The molecule has 0 spiro atoms. The van der Waals surface area contributed by atoms with Crippen molar-refractivity contribution in [2.24, 2.45) is 0 Å². The maximum absolute atomic E-state index is 9.69. The molecule has 1 aliphatic heterocycles. The van der Waals surface area contributed by atoms with Gasteiger partial charge in [0.2, 0.25) is 0 Å². The highest BCUT2D eigenvalue weighted by Crippen LogP contribution is 2.39. The van der Waals surface area contributed by atoms with Crippen LogP contribution in [0.25, 0.3) is 11.5 Å². The Morgan fingerprint density at radius 3 is 3.06 bits per heavy atom. The molecule has 1 aliphatic rings. The summed E-state index contributed by atoms with van der Waals surface area (Å²) in [6.45, 7) is 1.85. The maximum atomic E-state index is 9.69. The van der Waals surface area contributed by atoms with Crippen LogP contribution in [-0.2, 0) is 0 Å². The quantitative estimate of drug-likeness (QED) is 0.899. The highest BCUT2D eigenvalue weighted by molar-refractivity contribution is 7.99. The molecular weight excluding hydrogens is 248 g/mol. The predicted molar refractivity (Wildman–Crippen MR) is 70.6 cm³/mol. The highest BCUT2D eigenvalue weighted by Gasteiger charge is 2.23. The zero-order valence-electron chi connectivity index (χ0n) is 10.1. The average molecular weight is 262 g/mol. The summed E-state index contributed by atoms with van der Waals surface area (Å²) in [4.78, 5) is 4.42. The van der Waals surface area contributed by atoms with Crippen LogP contribution >= 0.6 is 11.8 Å². The fraction of sp³-hybridized carbons (Fsp3) is 0.385. The zero-order valence-corrected chi connectivity index (χ0v) is 10.9. The fourth-order valence-electron chi connectivity index (χ4n) is 2.01. The van der Waals surface area contributed by atoms with Crippen molar-refractivity contribution in [1.82, 2.24) is 10.1 Å². The third kappa shape index (κ3) is 2.10. The van der Waals surface area contributed by atoms with Gasteiger partial charge < -0.3 is 9.63 Å². The van der Waals surface area contributed by atoms with Gasteiger partial charge in [-0.15, -0.1) is 0 Å². The van der Waals surface area contributed by atoms with Crippen LogP contribution in [0.5, 0.6) is 5.75 Å². The summed E-state index contributed by atoms with van der Waals surface area (Å²) in [5.74, 6) is 2.67. The molecular formula is C13H14N2O2S. The van der Waals surface area contributed by atoms with E-state index in [1.807, 2.05) is 30.8 Å². The molecule has 0 bridgehead atoms. The zero-order chi connectivity index (χ0) is 12.5. The Bertz CT molecular complexity index is 562. The predicted octanol–water partition coefficient (Wildman–Crippen LogP) is 3.32. The number of hydrogen-bond donors (Lipinski definition) is 1. The smallest absolute Gasteiger partial charge is 0.258 e. The summed E-state index contributed by atoms with van der Waals surface area (Å²) in [7, 11) is 0. The van der Waals surface area contributed by atoms with Crippen molar-refractivity contribution in [1.29, 1.82) is 0 Å². The highest BCUT2D eigenvalue weighted by atomic mass is 32.2. The van der Waals surface area contributed by atoms with Gasteiger partial charge in [-0.1, -0.05) is 11.2 Å². The van der Waals surface area contributed by atoms with Gasteiger partial charge in [-0.2, -0.15) is 16.7 Å². The topological polar surface area (TPSA) is 59.2 Å². The lowest BCUT2D eigenvalue weighted by Crippen LogP contribution is -1.91. The Labute approximate surface area is 109 Å². The van der Waals surface area contributed by atoms with Crippen molar-refractivity contribution in [2.75, 3.05) is 5.75 Å². The Balaban J connectivity index is 1.89. The first-order valence-electron chi connectivity index (χ1n) is 5.99. The summed E-state index contributed by atoms with van der Waals surface area (Å²) in [6.07, 6.45) is 2.33. The minimum absolute atomic E-state index is 0.252. The van der Waals surface area contributed by atoms with Crippen molar-refractivity contribution in [2.45, 2.75) is 25.0 Å². The van der Waals surface area contributed by atoms with Gasteiger partial charge in [0.25, 0.3) is 5.89 Å². The number of phenols is 1. The lowest BCUT2D eigenvalue weighted by molar-refractivity contribution is 0.420. The first kappa shape index (κ1) is 11.6. The molecule has 1 saturated heterocycles. The molecule has 1 N–H and O–H groups in total. The molecule has 0 aliphatic carbocycles. The lowest BCUT2D eigenvalue weighted by atomic mass is 10.1. The van der Waals surface area contributed by atoms with Crippen LogP contribution in [0.1, 0.15) is 29.5 Å². The molecule has 2 heterocycles. The van der Waals surface area contributed by atoms with Crippen molar-refractivity contribution in [3.8, 4) is 17.2 Å². The second kappa shape index (κ2) is 4.65. The van der Waals surface area contributed by atoms with E-state index in [1.54, 1.807) is 6.07 Å². The number of aromatic nitrogens is 2. The number of thioether (sulfide) groups is 1. The van der Waals surface area contributed by atoms with Crippen molar-refractivity contribution >= 4 is 11.8 Å². The third-order valence-corrected chi connectivity index (χ3v) is 4.49. The number of phenolic OH excluding ortho intramolecular Hbond substituents is 1. The molecule has 1 atom stereocenters. The Morgan fingerprint density at radius 2 is 2.33 bits per heavy atom. The summed E-state index contributed by atoms with van der Waals surface area (Å²) in [5.41, 5.74) is 1.60. The summed E-state index contributed by atoms with van der Waals surface area (Å²) >= 11 is 1.88. The van der Waals surface area contributed by atoms with Crippen molar-refractivity contribution in [3.05, 3.63) is 29.6 Å². The van der Waals surface area contributed by atoms with E-state index in [2.05, 4.69) is 10.1 Å². The third-order valence-electron chi connectivity index (χ3n) is 3.12. The Hall–Kier alpha value is -1.49. The van der Waals surface area contributed by atoms with Crippen LogP contribution < -0.4 is 0 Å². The number of benzene rings is 1. The molecule has 1 aromatic carbocycles. The molecule has 2 aromatic rings. The van der Waals surface area contributed by atoms with Crippen molar-refractivity contribution < 1.29 is 9.63 Å². The van der Waals surface area contributed by atoms with Gasteiger partial charge in [-0.25, -0.2) is 0 Å². The summed E-state index contributed by atoms with van der Waals surface area (Å²) in [5, 5.41) is 14.1. The largest absolute Gasteiger partial charge is 0.508 e. The standard InChI is InChI=1S/C13H14N2O2S/c1-8-4-5-9(7-10(8)16)13-14-12(15-17-13)11-3-2-6-18-11/h4-5,7,11,16H,2-3,6H2,1H3. The van der Waals surface area contributed by atoms with Gasteiger partial charge in [-0.05, 0) is 43.2 Å². The van der Waals surface area contributed by atoms with Crippen LogP contribution in [0.2, 0.25) is 0 Å². The fourth-order valence-corrected chi connectivity index (χ4v) is 3.20. The van der Waals surface area contributed by atoms with Crippen LogP contribution in [0.4, 0.5) is 0 Å². The lowest BCUT2D eigenvalue weighted by Gasteiger charge is -2.00. The van der Waals surface area contributed by atoms with E-state index in [9.17, 15) is 5.11 Å². The molecule has 0 radical (unpaired) electrons. The molecule has 1 unspecified atom stereocenters. The SMILES string of the molecule is Cc1ccc(-c2nc(C3CCCS3)no2)cc1O. The van der Waals surface area contributed by atoms with Crippen LogP contribution in [0, 0.1) is 6.92 Å². The molecule has 4 nitrogen and oxygen atoms in total. The number of aromatic hydroxyl groups is 1. The first-order chi connectivity index (χ1) is 8.74. The number of nitrogens with zero attached hydrogens (tertiary/aromatic N) is 2. The van der Waals surface area contributed by atoms with Gasteiger partial charge in [0.15, 0.2) is 5.82 Å². The summed E-state index contributed by atoms with van der Waals surface area (Å²) in [6, 6.07) is 5.39. The maximum Gasteiger partial charge on any atom is 0.258 e. The Kier molecular flexibility index (Phi) is 2.99. The van der Waals surface area contributed by atoms with E-state index in [1.165, 1.54) is 12.2 Å².